The zero-order valence-corrected chi connectivity index (χ0v) is 15.9. The van der Waals surface area contributed by atoms with Crippen molar-refractivity contribution in [2.75, 3.05) is 26.0 Å². The van der Waals surface area contributed by atoms with Crippen LogP contribution in [0.2, 0.25) is 0 Å². The van der Waals surface area contributed by atoms with Gasteiger partial charge in [0.25, 0.3) is 0 Å². The SMILES string of the molecule is CS(=O)(=O)N1CCC[C@@H]1CNC(=O)NC1CCOC2(CCCCC2)C1. The molecule has 0 bridgehead atoms. The van der Waals surface area contributed by atoms with Crippen LogP contribution in [0.3, 0.4) is 0 Å². The van der Waals surface area contributed by atoms with Crippen molar-refractivity contribution in [3.05, 3.63) is 0 Å². The van der Waals surface area contributed by atoms with E-state index in [9.17, 15) is 13.2 Å². The number of amides is 2. The first-order valence-corrected chi connectivity index (χ1v) is 11.4. The molecule has 0 radical (unpaired) electrons. The standard InChI is InChI=1S/C17H31N3O4S/c1-25(22,23)20-10-5-6-15(20)13-18-16(21)19-14-7-11-24-17(12-14)8-3-2-4-9-17/h14-15H,2-13H2,1H3,(H2,18,19,21)/t14?,15-/m1/s1. The van der Waals surface area contributed by atoms with E-state index in [0.717, 1.165) is 38.5 Å². The first kappa shape index (κ1) is 18.9. The first-order valence-electron chi connectivity index (χ1n) is 9.53. The largest absolute Gasteiger partial charge is 0.375 e. The summed E-state index contributed by atoms with van der Waals surface area (Å²) in [4.78, 5) is 12.3. The molecule has 0 aromatic heterocycles. The molecule has 3 rings (SSSR count). The van der Waals surface area contributed by atoms with Gasteiger partial charge < -0.3 is 15.4 Å². The van der Waals surface area contributed by atoms with E-state index in [1.165, 1.54) is 29.8 Å². The summed E-state index contributed by atoms with van der Waals surface area (Å²) in [5.74, 6) is 0. The molecule has 2 amide bonds. The molecule has 2 heterocycles. The monoisotopic (exact) mass is 373 g/mol. The third kappa shape index (κ3) is 4.86. The van der Waals surface area contributed by atoms with Crippen LogP contribution in [0.5, 0.6) is 0 Å². The number of carbonyl (C=O) groups is 1. The lowest BCUT2D eigenvalue weighted by molar-refractivity contribution is -0.107. The van der Waals surface area contributed by atoms with Crippen molar-refractivity contribution >= 4 is 16.1 Å². The van der Waals surface area contributed by atoms with Crippen molar-refractivity contribution in [1.82, 2.24) is 14.9 Å². The zero-order chi connectivity index (χ0) is 17.9. The number of carbonyl (C=O) groups excluding carboxylic acids is 1. The minimum Gasteiger partial charge on any atom is -0.375 e. The van der Waals surface area contributed by atoms with Crippen molar-refractivity contribution in [3.8, 4) is 0 Å². The van der Waals surface area contributed by atoms with E-state index in [1.54, 1.807) is 0 Å². The van der Waals surface area contributed by atoms with Crippen LogP contribution in [-0.2, 0) is 14.8 Å². The Bertz CT molecular complexity index is 569. The number of sulfonamides is 1. The quantitative estimate of drug-likeness (QED) is 0.783. The number of hydrogen-bond acceptors (Lipinski definition) is 4. The van der Waals surface area contributed by atoms with Crippen LogP contribution >= 0.6 is 0 Å². The van der Waals surface area contributed by atoms with Crippen LogP contribution in [0.25, 0.3) is 0 Å². The predicted octanol–water partition coefficient (Wildman–Crippen LogP) is 1.59. The smallest absolute Gasteiger partial charge is 0.315 e. The molecule has 2 atom stereocenters. The lowest BCUT2D eigenvalue weighted by Gasteiger charge is -2.43. The van der Waals surface area contributed by atoms with Crippen LogP contribution in [-0.4, -0.2) is 62.4 Å². The lowest BCUT2D eigenvalue weighted by atomic mass is 9.78. The normalized spacial score (nSPS) is 30.3. The third-order valence-electron chi connectivity index (χ3n) is 5.84. The van der Waals surface area contributed by atoms with Crippen molar-refractivity contribution < 1.29 is 17.9 Å². The fraction of sp³-hybridized carbons (Fsp3) is 0.941. The highest BCUT2D eigenvalue weighted by Gasteiger charge is 2.39. The van der Waals surface area contributed by atoms with Gasteiger partial charge >= 0.3 is 6.03 Å². The van der Waals surface area contributed by atoms with Crippen molar-refractivity contribution in [3.63, 3.8) is 0 Å². The summed E-state index contributed by atoms with van der Waals surface area (Å²) in [5, 5.41) is 5.94. The van der Waals surface area contributed by atoms with Gasteiger partial charge in [-0.3, -0.25) is 0 Å². The topological polar surface area (TPSA) is 87.7 Å². The van der Waals surface area contributed by atoms with Gasteiger partial charge in [-0.15, -0.1) is 0 Å². The summed E-state index contributed by atoms with van der Waals surface area (Å²) in [7, 11) is -3.20. The molecular formula is C17H31N3O4S. The van der Waals surface area contributed by atoms with Gasteiger partial charge in [0.1, 0.15) is 0 Å². The molecular weight excluding hydrogens is 342 g/mol. The van der Waals surface area contributed by atoms with Gasteiger partial charge in [0.15, 0.2) is 0 Å². The molecule has 2 saturated heterocycles. The van der Waals surface area contributed by atoms with E-state index in [2.05, 4.69) is 10.6 Å². The maximum Gasteiger partial charge on any atom is 0.315 e. The number of urea groups is 1. The summed E-state index contributed by atoms with van der Waals surface area (Å²) in [6.45, 7) is 1.62. The molecule has 1 spiro atoms. The fourth-order valence-corrected chi connectivity index (χ4v) is 5.77. The van der Waals surface area contributed by atoms with Crippen molar-refractivity contribution in [1.29, 1.82) is 0 Å². The second kappa shape index (κ2) is 7.80. The Labute approximate surface area is 150 Å². The Balaban J connectivity index is 1.46. The number of ether oxygens (including phenoxy) is 1. The second-order valence-corrected chi connectivity index (χ2v) is 9.74. The lowest BCUT2D eigenvalue weighted by Crippen LogP contribution is -2.52. The van der Waals surface area contributed by atoms with Crippen molar-refractivity contribution in [2.24, 2.45) is 0 Å². The molecule has 25 heavy (non-hydrogen) atoms. The Morgan fingerprint density at radius 1 is 1.20 bits per heavy atom. The van der Waals surface area contributed by atoms with Gasteiger partial charge in [0, 0.05) is 31.8 Å². The molecule has 7 nitrogen and oxygen atoms in total. The average molecular weight is 374 g/mol. The summed E-state index contributed by atoms with van der Waals surface area (Å²) in [5.41, 5.74) is -0.0347. The van der Waals surface area contributed by atoms with E-state index in [1.807, 2.05) is 0 Å². The minimum absolute atomic E-state index is 0.0347. The van der Waals surface area contributed by atoms with E-state index in [0.29, 0.717) is 19.7 Å². The van der Waals surface area contributed by atoms with Gasteiger partial charge in [-0.05, 0) is 38.5 Å². The average Bonchev–Trinajstić information content (AvgIpc) is 3.03. The van der Waals surface area contributed by atoms with Crippen LogP contribution in [0, 0.1) is 0 Å². The minimum atomic E-state index is -3.20. The number of nitrogens with one attached hydrogen (secondary N) is 2. The molecule has 144 valence electrons. The molecule has 1 saturated carbocycles. The molecule has 0 aromatic carbocycles. The van der Waals surface area contributed by atoms with E-state index in [-0.39, 0.29) is 23.7 Å². The summed E-state index contributed by atoms with van der Waals surface area (Å²) in [6, 6.07) is -0.181. The van der Waals surface area contributed by atoms with Crippen LogP contribution in [0.1, 0.15) is 57.8 Å². The fourth-order valence-electron chi connectivity index (χ4n) is 4.59. The van der Waals surface area contributed by atoms with Gasteiger partial charge in [-0.1, -0.05) is 19.3 Å². The Hall–Kier alpha value is -0.860. The highest BCUT2D eigenvalue weighted by atomic mass is 32.2. The van der Waals surface area contributed by atoms with Crippen molar-refractivity contribution in [2.45, 2.75) is 75.5 Å². The van der Waals surface area contributed by atoms with Crippen LogP contribution < -0.4 is 10.6 Å². The number of hydrogen-bond donors (Lipinski definition) is 2. The molecule has 3 aliphatic rings. The van der Waals surface area contributed by atoms with E-state index in [4.69, 9.17) is 4.74 Å². The zero-order valence-electron chi connectivity index (χ0n) is 15.1. The Morgan fingerprint density at radius 3 is 2.68 bits per heavy atom. The third-order valence-corrected chi connectivity index (χ3v) is 7.17. The second-order valence-electron chi connectivity index (χ2n) is 7.81. The summed E-state index contributed by atoms with van der Waals surface area (Å²) < 4.78 is 31.1. The maximum absolute atomic E-state index is 12.3. The number of rotatable bonds is 4. The molecule has 2 aliphatic heterocycles. The van der Waals surface area contributed by atoms with E-state index < -0.39 is 10.0 Å². The van der Waals surface area contributed by atoms with Crippen LogP contribution in [0.15, 0.2) is 0 Å². The molecule has 1 aliphatic carbocycles. The Kier molecular flexibility index (Phi) is 5.90. The summed E-state index contributed by atoms with van der Waals surface area (Å²) >= 11 is 0. The van der Waals surface area contributed by atoms with Gasteiger partial charge in [0.05, 0.1) is 11.9 Å². The highest BCUT2D eigenvalue weighted by Crippen LogP contribution is 2.38. The molecule has 1 unspecified atom stereocenters. The maximum atomic E-state index is 12.3. The molecule has 3 fully saturated rings. The molecule has 0 aromatic rings. The van der Waals surface area contributed by atoms with Crippen LogP contribution in [0.4, 0.5) is 4.79 Å². The van der Waals surface area contributed by atoms with Gasteiger partial charge in [-0.25, -0.2) is 13.2 Å². The van der Waals surface area contributed by atoms with Gasteiger partial charge in [0.2, 0.25) is 10.0 Å². The first-order chi connectivity index (χ1) is 11.9. The predicted molar refractivity (Wildman–Crippen MR) is 95.9 cm³/mol. The molecule has 8 heteroatoms. The number of nitrogens with zero attached hydrogens (tertiary/aromatic N) is 1. The highest BCUT2D eigenvalue weighted by molar-refractivity contribution is 7.88. The van der Waals surface area contributed by atoms with E-state index >= 15 is 0 Å². The molecule has 2 N–H and O–H groups in total. The van der Waals surface area contributed by atoms with Gasteiger partial charge in [-0.2, -0.15) is 4.31 Å². The Morgan fingerprint density at radius 2 is 1.96 bits per heavy atom. The summed E-state index contributed by atoms with van der Waals surface area (Å²) in [6.07, 6.45) is 10.5.